The van der Waals surface area contributed by atoms with Crippen molar-refractivity contribution in [2.24, 2.45) is 0 Å². The van der Waals surface area contributed by atoms with Crippen LogP contribution in [0, 0.1) is 0 Å². The highest BCUT2D eigenvalue weighted by Gasteiger charge is 2.56. The summed E-state index contributed by atoms with van der Waals surface area (Å²) in [6, 6.07) is 3.60. The minimum Gasteiger partial charge on any atom is -0.508 e. The number of rotatable bonds is 0. The molecule has 1 atom stereocenters. The zero-order valence-electron chi connectivity index (χ0n) is 8.38. The summed E-state index contributed by atoms with van der Waals surface area (Å²) in [6.07, 6.45) is -4.30. The fraction of sp³-hybridized carbons (Fsp3) is 0.455. The first-order valence-corrected chi connectivity index (χ1v) is 4.96. The van der Waals surface area contributed by atoms with Gasteiger partial charge in [0.05, 0.1) is 0 Å². The van der Waals surface area contributed by atoms with E-state index in [1.165, 1.54) is 12.1 Å². The normalized spacial score (nSPS) is 25.2. The molecule has 0 fully saturated rings. The minimum atomic E-state index is -4.68. The molecule has 1 aromatic rings. The van der Waals surface area contributed by atoms with Gasteiger partial charge in [-0.15, -0.1) is 0 Å². The average Bonchev–Trinajstić information content (AvgIpc) is 2.15. The van der Waals surface area contributed by atoms with E-state index < -0.39 is 11.8 Å². The van der Waals surface area contributed by atoms with Crippen molar-refractivity contribution in [1.82, 2.24) is 0 Å². The van der Waals surface area contributed by atoms with Gasteiger partial charge in [-0.1, -0.05) is 6.07 Å². The van der Waals surface area contributed by atoms with Crippen LogP contribution in [0.4, 0.5) is 13.2 Å². The van der Waals surface area contributed by atoms with Gasteiger partial charge in [0.15, 0.2) is 5.60 Å². The highest BCUT2D eigenvalue weighted by molar-refractivity contribution is 5.41. The molecule has 1 aromatic carbocycles. The lowest BCUT2D eigenvalue weighted by atomic mass is 9.78. The first kappa shape index (κ1) is 11.3. The van der Waals surface area contributed by atoms with E-state index in [2.05, 4.69) is 0 Å². The van der Waals surface area contributed by atoms with Crippen LogP contribution in [0.25, 0.3) is 0 Å². The molecule has 0 spiro atoms. The smallest absolute Gasteiger partial charge is 0.421 e. The Hall–Kier alpha value is -1.23. The first-order valence-electron chi connectivity index (χ1n) is 4.96. The van der Waals surface area contributed by atoms with Crippen molar-refractivity contribution < 1.29 is 23.4 Å². The molecule has 0 amide bonds. The fourth-order valence-electron chi connectivity index (χ4n) is 2.15. The lowest BCUT2D eigenvalue weighted by Crippen LogP contribution is -2.44. The number of aromatic hydroxyl groups is 1. The molecule has 2 nitrogen and oxygen atoms in total. The van der Waals surface area contributed by atoms with Gasteiger partial charge in [-0.3, -0.25) is 0 Å². The average molecular weight is 232 g/mol. The van der Waals surface area contributed by atoms with Crippen molar-refractivity contribution in [2.45, 2.75) is 31.0 Å². The Morgan fingerprint density at radius 3 is 2.56 bits per heavy atom. The van der Waals surface area contributed by atoms with Gasteiger partial charge in [0, 0.05) is 0 Å². The number of aryl methyl sites for hydroxylation is 1. The number of phenols is 1. The van der Waals surface area contributed by atoms with Gasteiger partial charge in [-0.2, -0.15) is 13.2 Å². The van der Waals surface area contributed by atoms with Crippen molar-refractivity contribution in [3.8, 4) is 5.75 Å². The number of phenolic OH excluding ortho intramolecular Hbond substituents is 1. The summed E-state index contributed by atoms with van der Waals surface area (Å²) in [7, 11) is 0. The zero-order valence-corrected chi connectivity index (χ0v) is 8.38. The summed E-state index contributed by atoms with van der Waals surface area (Å²) >= 11 is 0. The van der Waals surface area contributed by atoms with E-state index in [1.807, 2.05) is 0 Å². The molecule has 0 radical (unpaired) electrons. The van der Waals surface area contributed by atoms with Crippen LogP contribution in [0.2, 0.25) is 0 Å². The second-order valence-electron chi connectivity index (χ2n) is 4.05. The summed E-state index contributed by atoms with van der Waals surface area (Å²) in [5.41, 5.74) is -2.54. The number of aliphatic hydroxyl groups is 1. The maximum absolute atomic E-state index is 12.8. The quantitative estimate of drug-likeness (QED) is 0.721. The molecule has 2 N–H and O–H groups in total. The molecule has 0 aliphatic heterocycles. The molecule has 2 rings (SSSR count). The Morgan fingerprint density at radius 1 is 1.25 bits per heavy atom. The van der Waals surface area contributed by atoms with Gasteiger partial charge < -0.3 is 10.2 Å². The summed E-state index contributed by atoms with van der Waals surface area (Å²) in [5, 5.41) is 18.9. The third-order valence-corrected chi connectivity index (χ3v) is 2.99. The van der Waals surface area contributed by atoms with Crippen molar-refractivity contribution in [3.05, 3.63) is 29.3 Å². The zero-order chi connectivity index (χ0) is 12.0. The molecule has 16 heavy (non-hydrogen) atoms. The summed E-state index contributed by atoms with van der Waals surface area (Å²) in [5.74, 6) is -0.0785. The predicted molar refractivity (Wildman–Crippen MR) is 51.0 cm³/mol. The molecule has 1 aliphatic carbocycles. The summed E-state index contributed by atoms with van der Waals surface area (Å²) < 4.78 is 38.4. The molecule has 0 aromatic heterocycles. The lowest BCUT2D eigenvalue weighted by molar-refractivity contribution is -0.271. The van der Waals surface area contributed by atoms with Crippen molar-refractivity contribution in [1.29, 1.82) is 0 Å². The van der Waals surface area contributed by atoms with Crippen molar-refractivity contribution >= 4 is 0 Å². The second kappa shape index (κ2) is 3.38. The standard InChI is InChI=1S/C11H11F3O2/c12-11(13,14)10(16)5-1-2-7-6-8(15)3-4-9(7)10/h3-4,6,15-16H,1-2,5H2. The van der Waals surface area contributed by atoms with E-state index in [-0.39, 0.29) is 24.2 Å². The molecule has 0 heterocycles. The molecule has 0 bridgehead atoms. The largest absolute Gasteiger partial charge is 0.508 e. The van der Waals surface area contributed by atoms with Gasteiger partial charge in [-0.25, -0.2) is 0 Å². The molecular weight excluding hydrogens is 221 g/mol. The SMILES string of the molecule is Oc1ccc2c(c1)CCCC2(O)C(F)(F)F. The summed E-state index contributed by atoms with van der Waals surface area (Å²) in [6.45, 7) is 0. The maximum Gasteiger partial charge on any atom is 0.421 e. The van der Waals surface area contributed by atoms with Gasteiger partial charge in [0.25, 0.3) is 0 Å². The minimum absolute atomic E-state index is 0.0785. The Kier molecular flexibility index (Phi) is 2.38. The Morgan fingerprint density at radius 2 is 1.94 bits per heavy atom. The lowest BCUT2D eigenvalue weighted by Gasteiger charge is -2.35. The van der Waals surface area contributed by atoms with E-state index in [0.717, 1.165) is 6.07 Å². The second-order valence-corrected chi connectivity index (χ2v) is 4.05. The van der Waals surface area contributed by atoms with E-state index >= 15 is 0 Å². The van der Waals surface area contributed by atoms with Gasteiger partial charge in [0.1, 0.15) is 5.75 Å². The Labute approximate surface area is 90.3 Å². The van der Waals surface area contributed by atoms with E-state index in [4.69, 9.17) is 0 Å². The monoisotopic (exact) mass is 232 g/mol. The van der Waals surface area contributed by atoms with Crippen LogP contribution < -0.4 is 0 Å². The summed E-state index contributed by atoms with van der Waals surface area (Å²) in [4.78, 5) is 0. The third-order valence-electron chi connectivity index (χ3n) is 2.99. The van der Waals surface area contributed by atoms with Crippen LogP contribution in [0.1, 0.15) is 24.0 Å². The van der Waals surface area contributed by atoms with E-state index in [9.17, 15) is 23.4 Å². The predicted octanol–water partition coefficient (Wildman–Crippen LogP) is 2.48. The van der Waals surface area contributed by atoms with Gasteiger partial charge in [-0.05, 0) is 42.5 Å². The number of alkyl halides is 3. The molecule has 1 unspecified atom stereocenters. The van der Waals surface area contributed by atoms with Crippen molar-refractivity contribution in [2.75, 3.05) is 0 Å². The number of halogens is 3. The molecule has 88 valence electrons. The van der Waals surface area contributed by atoms with Crippen molar-refractivity contribution in [3.63, 3.8) is 0 Å². The van der Waals surface area contributed by atoms with Crippen LogP contribution in [0.15, 0.2) is 18.2 Å². The first-order chi connectivity index (χ1) is 7.34. The van der Waals surface area contributed by atoms with E-state index in [1.54, 1.807) is 0 Å². The van der Waals surface area contributed by atoms with Crippen LogP contribution in [0.5, 0.6) is 5.75 Å². The number of benzene rings is 1. The molecule has 1 aliphatic rings. The van der Waals surface area contributed by atoms with Crippen LogP contribution >= 0.6 is 0 Å². The third kappa shape index (κ3) is 1.55. The Balaban J connectivity index is 2.56. The van der Waals surface area contributed by atoms with Gasteiger partial charge >= 0.3 is 6.18 Å². The highest BCUT2D eigenvalue weighted by atomic mass is 19.4. The van der Waals surface area contributed by atoms with Crippen LogP contribution in [-0.4, -0.2) is 16.4 Å². The topological polar surface area (TPSA) is 40.5 Å². The molecule has 5 heteroatoms. The van der Waals surface area contributed by atoms with Crippen LogP contribution in [0.3, 0.4) is 0 Å². The fourth-order valence-corrected chi connectivity index (χ4v) is 2.15. The maximum atomic E-state index is 12.8. The molecular formula is C11H11F3O2. The highest BCUT2D eigenvalue weighted by Crippen LogP contribution is 2.47. The molecule has 0 saturated heterocycles. The number of fused-ring (bicyclic) bond motifs is 1. The molecule has 0 saturated carbocycles. The Bertz CT molecular complexity index is 414. The van der Waals surface area contributed by atoms with E-state index in [0.29, 0.717) is 12.0 Å². The number of hydrogen-bond donors (Lipinski definition) is 2. The van der Waals surface area contributed by atoms with Gasteiger partial charge in [0.2, 0.25) is 0 Å². The number of hydrogen-bond acceptors (Lipinski definition) is 2. The van der Waals surface area contributed by atoms with Crippen LogP contribution in [-0.2, 0) is 12.0 Å².